The van der Waals surface area contributed by atoms with Crippen LogP contribution in [0, 0.1) is 0 Å². The first kappa shape index (κ1) is 11.0. The lowest BCUT2D eigenvalue weighted by Gasteiger charge is -2.26. The minimum absolute atomic E-state index is 0.238. The molecule has 0 radical (unpaired) electrons. The van der Waals surface area contributed by atoms with Crippen molar-refractivity contribution in [2.75, 3.05) is 0 Å². The van der Waals surface area contributed by atoms with E-state index in [1.54, 1.807) is 24.3 Å². The maximum Gasteiger partial charge on any atom is 0.391 e. The molecular formula is C11H10F3NO. The lowest BCUT2D eigenvalue weighted by molar-refractivity contribution is -0.139. The fourth-order valence-electron chi connectivity index (χ4n) is 1.90. The zero-order valence-electron chi connectivity index (χ0n) is 8.34. The molecule has 16 heavy (non-hydrogen) atoms. The Kier molecular flexibility index (Phi) is 2.61. The van der Waals surface area contributed by atoms with Gasteiger partial charge in [0, 0.05) is 11.6 Å². The Morgan fingerprint density at radius 3 is 2.69 bits per heavy atom. The lowest BCUT2D eigenvalue weighted by atomic mass is 9.93. The number of hydrogen-bond donors (Lipinski definition) is 1. The van der Waals surface area contributed by atoms with Crippen molar-refractivity contribution in [3.8, 4) is 0 Å². The van der Waals surface area contributed by atoms with E-state index in [0.717, 1.165) is 0 Å². The van der Waals surface area contributed by atoms with Crippen molar-refractivity contribution in [3.05, 3.63) is 35.4 Å². The first-order chi connectivity index (χ1) is 7.46. The third-order valence-corrected chi connectivity index (χ3v) is 2.54. The number of benzene rings is 1. The van der Waals surface area contributed by atoms with Gasteiger partial charge in [-0.05, 0) is 18.1 Å². The average molecular weight is 229 g/mol. The number of nitrogens with one attached hydrogen (secondary N) is 1. The maximum atomic E-state index is 12.2. The van der Waals surface area contributed by atoms with Gasteiger partial charge in [-0.25, -0.2) is 0 Å². The number of fused-ring (bicyclic) bond motifs is 1. The van der Waals surface area contributed by atoms with E-state index in [1.165, 1.54) is 0 Å². The van der Waals surface area contributed by atoms with Gasteiger partial charge >= 0.3 is 6.18 Å². The van der Waals surface area contributed by atoms with Gasteiger partial charge in [0.1, 0.15) is 0 Å². The van der Waals surface area contributed by atoms with E-state index in [-0.39, 0.29) is 6.42 Å². The summed E-state index contributed by atoms with van der Waals surface area (Å²) in [5.74, 6) is -0.420. The normalized spacial score (nSPS) is 20.2. The van der Waals surface area contributed by atoms with Crippen molar-refractivity contribution in [2.45, 2.75) is 25.1 Å². The van der Waals surface area contributed by atoms with Crippen LogP contribution in [0.1, 0.15) is 22.3 Å². The summed E-state index contributed by atoms with van der Waals surface area (Å²) in [4.78, 5) is 11.5. The molecule has 1 aliphatic heterocycles. The Balaban J connectivity index is 2.18. The van der Waals surface area contributed by atoms with Gasteiger partial charge in [0.25, 0.3) is 5.91 Å². The number of alkyl halides is 3. The van der Waals surface area contributed by atoms with Crippen LogP contribution in [0.25, 0.3) is 0 Å². The molecule has 86 valence electrons. The Hall–Kier alpha value is -1.52. The Labute approximate surface area is 90.5 Å². The van der Waals surface area contributed by atoms with Crippen molar-refractivity contribution in [1.82, 2.24) is 5.32 Å². The van der Waals surface area contributed by atoms with Crippen molar-refractivity contribution >= 4 is 5.91 Å². The molecule has 1 N–H and O–H groups in total. The molecule has 1 unspecified atom stereocenters. The highest BCUT2D eigenvalue weighted by Gasteiger charge is 2.35. The summed E-state index contributed by atoms with van der Waals surface area (Å²) in [7, 11) is 0. The maximum absolute atomic E-state index is 12.2. The van der Waals surface area contributed by atoms with Crippen LogP contribution in [0.3, 0.4) is 0 Å². The quantitative estimate of drug-likeness (QED) is 0.786. The van der Waals surface area contributed by atoms with Crippen LogP contribution in [0.15, 0.2) is 24.3 Å². The predicted octanol–water partition coefficient (Wildman–Crippen LogP) is 2.29. The number of carbonyl (C=O) groups is 1. The van der Waals surface area contributed by atoms with Gasteiger partial charge in [-0.1, -0.05) is 18.2 Å². The van der Waals surface area contributed by atoms with E-state index in [2.05, 4.69) is 5.32 Å². The van der Waals surface area contributed by atoms with Gasteiger partial charge in [-0.3, -0.25) is 4.79 Å². The Morgan fingerprint density at radius 1 is 1.31 bits per heavy atom. The Bertz CT molecular complexity index is 414. The molecule has 1 aromatic rings. The number of hydrogen-bond acceptors (Lipinski definition) is 1. The van der Waals surface area contributed by atoms with Crippen LogP contribution >= 0.6 is 0 Å². The highest BCUT2D eigenvalue weighted by molar-refractivity contribution is 5.96. The molecule has 0 saturated carbocycles. The number of carbonyl (C=O) groups excluding carboxylic acids is 1. The summed E-state index contributed by atoms with van der Waals surface area (Å²) in [6.45, 7) is 0. The van der Waals surface area contributed by atoms with Crippen LogP contribution in [0.4, 0.5) is 13.2 Å². The third kappa shape index (κ3) is 2.35. The largest absolute Gasteiger partial charge is 0.391 e. The van der Waals surface area contributed by atoms with Crippen molar-refractivity contribution in [2.24, 2.45) is 0 Å². The first-order valence-electron chi connectivity index (χ1n) is 4.91. The second-order valence-corrected chi connectivity index (χ2v) is 3.85. The summed E-state index contributed by atoms with van der Waals surface area (Å²) >= 11 is 0. The molecule has 1 amide bonds. The molecule has 2 nitrogen and oxygen atoms in total. The fourth-order valence-corrected chi connectivity index (χ4v) is 1.90. The molecule has 1 aliphatic rings. The summed E-state index contributed by atoms with van der Waals surface area (Å²) < 4.78 is 36.6. The van der Waals surface area contributed by atoms with Gasteiger partial charge < -0.3 is 5.32 Å². The second-order valence-electron chi connectivity index (χ2n) is 3.85. The van der Waals surface area contributed by atoms with E-state index >= 15 is 0 Å². The monoisotopic (exact) mass is 229 g/mol. The van der Waals surface area contributed by atoms with Crippen LogP contribution in [0.2, 0.25) is 0 Å². The van der Waals surface area contributed by atoms with Crippen molar-refractivity contribution in [1.29, 1.82) is 0 Å². The van der Waals surface area contributed by atoms with E-state index in [1.807, 2.05) is 0 Å². The predicted molar refractivity (Wildman–Crippen MR) is 52.1 cm³/mol. The molecule has 0 fully saturated rings. The van der Waals surface area contributed by atoms with E-state index in [4.69, 9.17) is 0 Å². The molecule has 1 aromatic carbocycles. The summed E-state index contributed by atoms with van der Waals surface area (Å²) in [6.07, 6.45) is -4.99. The molecule has 1 atom stereocenters. The van der Waals surface area contributed by atoms with Crippen LogP contribution in [0.5, 0.6) is 0 Å². The zero-order chi connectivity index (χ0) is 11.8. The van der Waals surface area contributed by atoms with Gasteiger partial charge in [0.05, 0.1) is 6.42 Å². The second kappa shape index (κ2) is 3.81. The molecule has 0 aliphatic carbocycles. The summed E-state index contributed by atoms with van der Waals surface area (Å²) in [5, 5.41) is 2.37. The molecule has 0 saturated heterocycles. The molecule has 5 heteroatoms. The molecule has 0 bridgehead atoms. The number of halogens is 3. The number of amides is 1. The van der Waals surface area contributed by atoms with Gasteiger partial charge in [0.2, 0.25) is 0 Å². The lowest BCUT2D eigenvalue weighted by Crippen LogP contribution is -2.43. The van der Waals surface area contributed by atoms with E-state index in [9.17, 15) is 18.0 Å². The highest BCUT2D eigenvalue weighted by atomic mass is 19.4. The molecular weight excluding hydrogens is 219 g/mol. The van der Waals surface area contributed by atoms with Gasteiger partial charge in [-0.15, -0.1) is 0 Å². The topological polar surface area (TPSA) is 29.1 Å². The molecule has 1 heterocycles. The molecule has 0 spiro atoms. The van der Waals surface area contributed by atoms with Gasteiger partial charge in [-0.2, -0.15) is 13.2 Å². The standard InChI is InChI=1S/C11H10F3NO/c12-11(13,14)6-8-5-7-3-1-2-4-9(7)10(16)15-8/h1-4,8H,5-6H2,(H,15,16). The molecule has 0 aromatic heterocycles. The Morgan fingerprint density at radius 2 is 2.00 bits per heavy atom. The first-order valence-corrected chi connectivity index (χ1v) is 4.91. The van der Waals surface area contributed by atoms with E-state index < -0.39 is 24.5 Å². The average Bonchev–Trinajstić information content (AvgIpc) is 2.15. The SMILES string of the molecule is O=C1NC(CC(F)(F)F)Cc2ccccc21. The van der Waals surface area contributed by atoms with E-state index in [0.29, 0.717) is 11.1 Å². The fraction of sp³-hybridized carbons (Fsp3) is 0.364. The summed E-state index contributed by atoms with van der Waals surface area (Å²) in [5.41, 5.74) is 1.15. The van der Waals surface area contributed by atoms with Crippen LogP contribution < -0.4 is 5.32 Å². The van der Waals surface area contributed by atoms with Crippen molar-refractivity contribution < 1.29 is 18.0 Å². The van der Waals surface area contributed by atoms with Gasteiger partial charge in [0.15, 0.2) is 0 Å². The van der Waals surface area contributed by atoms with Crippen molar-refractivity contribution in [3.63, 3.8) is 0 Å². The summed E-state index contributed by atoms with van der Waals surface area (Å²) in [6, 6.07) is 5.89. The highest BCUT2D eigenvalue weighted by Crippen LogP contribution is 2.26. The third-order valence-electron chi connectivity index (χ3n) is 2.54. The van der Waals surface area contributed by atoms with Crippen LogP contribution in [-0.4, -0.2) is 18.1 Å². The number of rotatable bonds is 1. The minimum atomic E-state index is -4.25. The molecule has 2 rings (SSSR count). The minimum Gasteiger partial charge on any atom is -0.349 e. The van der Waals surface area contributed by atoms with Crippen LogP contribution in [-0.2, 0) is 6.42 Å². The zero-order valence-corrected chi connectivity index (χ0v) is 8.34. The smallest absolute Gasteiger partial charge is 0.349 e.